The molecule has 1 aliphatic heterocycles. The van der Waals surface area contributed by atoms with Crippen LogP contribution in [0.25, 0.3) is 10.9 Å². The number of amides is 1. The van der Waals surface area contributed by atoms with Crippen LogP contribution in [0.1, 0.15) is 18.4 Å². The zero-order chi connectivity index (χ0) is 15.5. The molecule has 0 radical (unpaired) electrons. The second kappa shape index (κ2) is 6.11. The molecule has 2 atom stereocenters. The molecule has 0 spiro atoms. The van der Waals surface area contributed by atoms with E-state index < -0.39 is 18.2 Å². The van der Waals surface area contributed by atoms with Crippen molar-refractivity contribution < 1.29 is 19.4 Å². The van der Waals surface area contributed by atoms with E-state index in [0.29, 0.717) is 19.4 Å². The number of carboxylic acid groups (broad SMARTS) is 1. The first-order chi connectivity index (χ1) is 10.6. The Morgan fingerprint density at radius 1 is 1.23 bits per heavy atom. The van der Waals surface area contributed by atoms with Gasteiger partial charge in [0, 0.05) is 18.1 Å². The van der Waals surface area contributed by atoms with E-state index in [1.165, 1.54) is 0 Å². The molecule has 2 N–H and O–H groups in total. The average Bonchev–Trinajstić information content (AvgIpc) is 3.03. The highest BCUT2D eigenvalue weighted by molar-refractivity contribution is 5.84. The molecule has 0 bridgehead atoms. The maximum atomic E-state index is 12.1. The van der Waals surface area contributed by atoms with E-state index >= 15 is 0 Å². The van der Waals surface area contributed by atoms with Gasteiger partial charge in [-0.05, 0) is 24.5 Å². The van der Waals surface area contributed by atoms with E-state index in [0.717, 1.165) is 16.5 Å². The summed E-state index contributed by atoms with van der Waals surface area (Å²) in [6.07, 6.45) is 0.935. The van der Waals surface area contributed by atoms with Gasteiger partial charge in [-0.15, -0.1) is 0 Å². The summed E-state index contributed by atoms with van der Waals surface area (Å²) in [5.74, 6) is -1.30. The van der Waals surface area contributed by atoms with Crippen molar-refractivity contribution in [3.8, 4) is 0 Å². The predicted molar refractivity (Wildman–Crippen MR) is 79.1 cm³/mol. The predicted octanol–water partition coefficient (Wildman–Crippen LogP) is 1.48. The Balaban J connectivity index is 1.65. The van der Waals surface area contributed by atoms with Gasteiger partial charge in [-0.25, -0.2) is 4.79 Å². The normalized spacial score (nSPS) is 20.9. The third kappa shape index (κ3) is 2.92. The lowest BCUT2D eigenvalue weighted by molar-refractivity contribution is -0.151. The number of pyridine rings is 1. The molecular weight excluding hydrogens is 284 g/mol. The fourth-order valence-electron chi connectivity index (χ4n) is 2.62. The minimum atomic E-state index is -1.02. The van der Waals surface area contributed by atoms with Gasteiger partial charge in [0.15, 0.2) is 6.10 Å². The van der Waals surface area contributed by atoms with Crippen molar-refractivity contribution in [2.24, 2.45) is 0 Å². The van der Waals surface area contributed by atoms with Crippen LogP contribution in [-0.4, -0.2) is 34.2 Å². The zero-order valence-electron chi connectivity index (χ0n) is 11.9. The number of hydrogen-bond donors (Lipinski definition) is 2. The van der Waals surface area contributed by atoms with Crippen LogP contribution in [0.15, 0.2) is 36.5 Å². The number of para-hydroxylation sites is 1. The minimum Gasteiger partial charge on any atom is -0.479 e. The monoisotopic (exact) mass is 300 g/mol. The number of carbonyl (C=O) groups is 2. The summed E-state index contributed by atoms with van der Waals surface area (Å²) in [5, 5.41) is 12.7. The molecule has 114 valence electrons. The SMILES string of the molecule is O=C(NCc1cccc2cccnc12)[C@@H]1CC[C@H](C(=O)O)O1. The van der Waals surface area contributed by atoms with E-state index in [2.05, 4.69) is 10.3 Å². The quantitative estimate of drug-likeness (QED) is 0.893. The van der Waals surface area contributed by atoms with Gasteiger partial charge in [0.25, 0.3) is 0 Å². The maximum Gasteiger partial charge on any atom is 0.332 e. The van der Waals surface area contributed by atoms with Crippen molar-refractivity contribution >= 4 is 22.8 Å². The molecule has 1 fully saturated rings. The van der Waals surface area contributed by atoms with Crippen molar-refractivity contribution in [3.05, 3.63) is 42.1 Å². The number of fused-ring (bicyclic) bond motifs is 1. The summed E-state index contributed by atoms with van der Waals surface area (Å²) in [5.41, 5.74) is 1.76. The number of benzene rings is 1. The number of aromatic nitrogens is 1. The van der Waals surface area contributed by atoms with Crippen molar-refractivity contribution in [1.82, 2.24) is 10.3 Å². The first-order valence-corrected chi connectivity index (χ1v) is 7.14. The number of nitrogens with zero attached hydrogens (tertiary/aromatic N) is 1. The summed E-state index contributed by atoms with van der Waals surface area (Å²) < 4.78 is 5.23. The first kappa shape index (κ1) is 14.5. The fourth-order valence-corrected chi connectivity index (χ4v) is 2.62. The molecule has 0 aliphatic carbocycles. The molecule has 6 heteroatoms. The molecule has 0 unspecified atom stereocenters. The molecular formula is C16H16N2O4. The van der Waals surface area contributed by atoms with Gasteiger partial charge >= 0.3 is 5.97 Å². The number of hydrogen-bond acceptors (Lipinski definition) is 4. The lowest BCUT2D eigenvalue weighted by Crippen LogP contribution is -2.35. The van der Waals surface area contributed by atoms with Gasteiger partial charge in [-0.3, -0.25) is 9.78 Å². The number of rotatable bonds is 4. The minimum absolute atomic E-state index is 0.281. The Kier molecular flexibility index (Phi) is 4.02. The summed E-state index contributed by atoms with van der Waals surface area (Å²) in [4.78, 5) is 27.2. The van der Waals surface area contributed by atoms with Crippen molar-refractivity contribution in [2.75, 3.05) is 0 Å². The molecule has 1 amide bonds. The summed E-state index contributed by atoms with van der Waals surface area (Å²) in [6.45, 7) is 0.338. The van der Waals surface area contributed by atoms with Crippen LogP contribution in [0.2, 0.25) is 0 Å². The Labute approximate surface area is 127 Å². The molecule has 1 aromatic carbocycles. The summed E-state index contributed by atoms with van der Waals surface area (Å²) in [6, 6.07) is 9.61. The topological polar surface area (TPSA) is 88.5 Å². The number of aliphatic carboxylic acids is 1. The molecule has 6 nitrogen and oxygen atoms in total. The van der Waals surface area contributed by atoms with Crippen LogP contribution in [0.4, 0.5) is 0 Å². The second-order valence-corrected chi connectivity index (χ2v) is 5.24. The Hall–Kier alpha value is -2.47. The smallest absolute Gasteiger partial charge is 0.332 e. The third-order valence-corrected chi connectivity index (χ3v) is 3.76. The molecule has 2 aromatic rings. The van der Waals surface area contributed by atoms with Crippen LogP contribution in [0, 0.1) is 0 Å². The molecule has 3 rings (SSSR count). The van der Waals surface area contributed by atoms with Crippen LogP contribution in [0.5, 0.6) is 0 Å². The number of carbonyl (C=O) groups excluding carboxylic acids is 1. The van der Waals surface area contributed by atoms with E-state index in [1.807, 2.05) is 30.3 Å². The van der Waals surface area contributed by atoms with Crippen molar-refractivity contribution in [3.63, 3.8) is 0 Å². The largest absolute Gasteiger partial charge is 0.479 e. The molecule has 0 saturated carbocycles. The molecule has 1 aliphatic rings. The maximum absolute atomic E-state index is 12.1. The number of ether oxygens (including phenoxy) is 1. The molecule has 2 heterocycles. The van der Waals surface area contributed by atoms with Gasteiger partial charge in [0.2, 0.25) is 5.91 Å². The summed E-state index contributed by atoms with van der Waals surface area (Å²) >= 11 is 0. The second-order valence-electron chi connectivity index (χ2n) is 5.24. The third-order valence-electron chi connectivity index (χ3n) is 3.76. The molecule has 1 aromatic heterocycles. The van der Waals surface area contributed by atoms with Crippen LogP contribution in [0.3, 0.4) is 0 Å². The standard InChI is InChI=1S/C16H16N2O4/c19-15(12-6-7-13(22-12)16(20)21)18-9-11-4-1-3-10-5-2-8-17-14(10)11/h1-5,8,12-13H,6-7,9H2,(H,18,19)(H,20,21)/t12-,13+/m0/s1. The van der Waals surface area contributed by atoms with Crippen LogP contribution in [-0.2, 0) is 20.9 Å². The summed E-state index contributed by atoms with van der Waals surface area (Å²) in [7, 11) is 0. The highest BCUT2D eigenvalue weighted by Gasteiger charge is 2.34. The van der Waals surface area contributed by atoms with E-state index in [4.69, 9.17) is 9.84 Å². The Morgan fingerprint density at radius 2 is 2.00 bits per heavy atom. The van der Waals surface area contributed by atoms with Crippen LogP contribution < -0.4 is 5.32 Å². The lowest BCUT2D eigenvalue weighted by Gasteiger charge is -2.12. The van der Waals surface area contributed by atoms with E-state index in [9.17, 15) is 9.59 Å². The number of carboxylic acids is 1. The van der Waals surface area contributed by atoms with Gasteiger partial charge in [-0.1, -0.05) is 24.3 Å². The lowest BCUT2D eigenvalue weighted by atomic mass is 10.1. The Bertz CT molecular complexity index is 711. The number of nitrogens with one attached hydrogen (secondary N) is 1. The van der Waals surface area contributed by atoms with E-state index in [1.54, 1.807) is 6.20 Å². The van der Waals surface area contributed by atoms with E-state index in [-0.39, 0.29) is 5.91 Å². The molecule has 22 heavy (non-hydrogen) atoms. The van der Waals surface area contributed by atoms with Crippen molar-refractivity contribution in [1.29, 1.82) is 0 Å². The van der Waals surface area contributed by atoms with Crippen molar-refractivity contribution in [2.45, 2.75) is 31.6 Å². The van der Waals surface area contributed by atoms with Gasteiger partial charge < -0.3 is 15.2 Å². The molecule has 1 saturated heterocycles. The van der Waals surface area contributed by atoms with Gasteiger partial charge in [-0.2, -0.15) is 0 Å². The average molecular weight is 300 g/mol. The zero-order valence-corrected chi connectivity index (χ0v) is 11.9. The first-order valence-electron chi connectivity index (χ1n) is 7.14. The highest BCUT2D eigenvalue weighted by Crippen LogP contribution is 2.20. The van der Waals surface area contributed by atoms with Crippen LogP contribution >= 0.6 is 0 Å². The highest BCUT2D eigenvalue weighted by atomic mass is 16.5. The van der Waals surface area contributed by atoms with Gasteiger partial charge in [0.1, 0.15) is 6.10 Å². The Morgan fingerprint density at radius 3 is 2.77 bits per heavy atom. The van der Waals surface area contributed by atoms with Gasteiger partial charge in [0.05, 0.1) is 5.52 Å². The fraction of sp³-hybridized carbons (Fsp3) is 0.312.